The summed E-state index contributed by atoms with van der Waals surface area (Å²) in [6, 6.07) is 7.75. The Morgan fingerprint density at radius 3 is 2.71 bits per heavy atom. The van der Waals surface area contributed by atoms with E-state index in [0.717, 1.165) is 21.9 Å². The fourth-order valence-corrected chi connectivity index (χ4v) is 2.45. The lowest BCUT2D eigenvalue weighted by Gasteiger charge is -2.00. The molecule has 70 valence electrons. The molecule has 0 fully saturated rings. The van der Waals surface area contributed by atoms with Crippen molar-refractivity contribution in [3.8, 4) is 11.1 Å². The summed E-state index contributed by atoms with van der Waals surface area (Å²) in [6.45, 7) is 0. The molecule has 0 unspecified atom stereocenters. The Hall–Kier alpha value is -0.930. The maximum absolute atomic E-state index is 10.7. The van der Waals surface area contributed by atoms with Gasteiger partial charge in [-0.3, -0.25) is 4.79 Å². The second-order valence-corrected chi connectivity index (χ2v) is 4.60. The van der Waals surface area contributed by atoms with E-state index < -0.39 is 0 Å². The Kier molecular flexibility index (Phi) is 2.79. The highest BCUT2D eigenvalue weighted by Gasteiger charge is 2.01. The van der Waals surface area contributed by atoms with Crippen LogP contribution in [-0.2, 0) is 0 Å². The summed E-state index contributed by atoms with van der Waals surface area (Å²) in [5.74, 6) is 0. The minimum atomic E-state index is 0.695. The maximum Gasteiger partial charge on any atom is 0.150 e. The highest BCUT2D eigenvalue weighted by atomic mass is 79.9. The van der Waals surface area contributed by atoms with E-state index in [1.165, 1.54) is 0 Å². The molecule has 0 aliphatic heterocycles. The smallest absolute Gasteiger partial charge is 0.150 e. The fraction of sp³-hybridized carbons (Fsp3) is 0. The average molecular weight is 267 g/mol. The zero-order valence-electron chi connectivity index (χ0n) is 7.24. The summed E-state index contributed by atoms with van der Waals surface area (Å²) < 4.78 is 0.934. The third kappa shape index (κ3) is 1.94. The lowest BCUT2D eigenvalue weighted by atomic mass is 10.1. The predicted molar refractivity (Wildman–Crippen MR) is 62.8 cm³/mol. The largest absolute Gasteiger partial charge is 0.298 e. The van der Waals surface area contributed by atoms with E-state index in [0.29, 0.717) is 5.56 Å². The fourth-order valence-electron chi connectivity index (χ4n) is 1.28. The van der Waals surface area contributed by atoms with E-state index in [2.05, 4.69) is 21.3 Å². The Bertz CT molecular complexity index is 448. The molecule has 1 nitrogen and oxygen atoms in total. The van der Waals surface area contributed by atoms with Crippen LogP contribution in [0.25, 0.3) is 11.1 Å². The van der Waals surface area contributed by atoms with Gasteiger partial charge in [-0.1, -0.05) is 15.9 Å². The summed E-state index contributed by atoms with van der Waals surface area (Å²) in [4.78, 5) is 10.7. The van der Waals surface area contributed by atoms with Crippen molar-refractivity contribution < 1.29 is 4.79 Å². The Balaban J connectivity index is 2.54. The van der Waals surface area contributed by atoms with Gasteiger partial charge in [0.15, 0.2) is 0 Å². The minimum absolute atomic E-state index is 0.695. The third-order valence-corrected chi connectivity index (χ3v) is 3.05. The van der Waals surface area contributed by atoms with E-state index >= 15 is 0 Å². The van der Waals surface area contributed by atoms with Gasteiger partial charge in [-0.2, -0.15) is 11.3 Å². The van der Waals surface area contributed by atoms with Gasteiger partial charge in [0, 0.05) is 10.0 Å². The first-order valence-corrected chi connectivity index (χ1v) is 5.81. The number of benzene rings is 1. The van der Waals surface area contributed by atoms with Crippen LogP contribution in [-0.4, -0.2) is 6.29 Å². The standard InChI is InChI=1S/C11H7BrOS/c12-11-4-8(6-13)3-10(5-11)9-1-2-14-7-9/h1-7H. The van der Waals surface area contributed by atoms with Crippen LogP contribution in [0.1, 0.15) is 10.4 Å². The predicted octanol–water partition coefficient (Wildman–Crippen LogP) is 3.99. The van der Waals surface area contributed by atoms with Gasteiger partial charge in [-0.25, -0.2) is 0 Å². The number of aldehydes is 1. The van der Waals surface area contributed by atoms with Crippen molar-refractivity contribution in [2.45, 2.75) is 0 Å². The summed E-state index contributed by atoms with van der Waals surface area (Å²) in [5.41, 5.74) is 2.92. The second-order valence-electron chi connectivity index (χ2n) is 2.90. The molecular formula is C11H7BrOS. The molecule has 3 heteroatoms. The average Bonchev–Trinajstić information content (AvgIpc) is 2.69. The molecule has 14 heavy (non-hydrogen) atoms. The quantitative estimate of drug-likeness (QED) is 0.752. The number of halogens is 1. The molecule has 2 aromatic rings. The van der Waals surface area contributed by atoms with Crippen molar-refractivity contribution in [1.82, 2.24) is 0 Å². The lowest BCUT2D eigenvalue weighted by molar-refractivity contribution is 0.112. The summed E-state index contributed by atoms with van der Waals surface area (Å²) in [6.07, 6.45) is 0.862. The molecule has 0 saturated carbocycles. The lowest BCUT2D eigenvalue weighted by Crippen LogP contribution is -1.82. The first-order chi connectivity index (χ1) is 6.79. The van der Waals surface area contributed by atoms with Gasteiger partial charge in [0.1, 0.15) is 6.29 Å². The van der Waals surface area contributed by atoms with Crippen molar-refractivity contribution in [3.63, 3.8) is 0 Å². The summed E-state index contributed by atoms with van der Waals surface area (Å²) >= 11 is 5.03. The van der Waals surface area contributed by atoms with Crippen LogP contribution in [0.15, 0.2) is 39.5 Å². The molecule has 2 rings (SSSR count). The van der Waals surface area contributed by atoms with Gasteiger partial charge in [0.2, 0.25) is 0 Å². The minimum Gasteiger partial charge on any atom is -0.298 e. The number of carbonyl (C=O) groups excluding carboxylic acids is 1. The Morgan fingerprint density at radius 1 is 1.21 bits per heavy atom. The third-order valence-electron chi connectivity index (χ3n) is 1.91. The molecule has 0 bridgehead atoms. The summed E-state index contributed by atoms with van der Waals surface area (Å²) in [7, 11) is 0. The van der Waals surface area contributed by atoms with Crippen molar-refractivity contribution >= 4 is 33.6 Å². The summed E-state index contributed by atoms with van der Waals surface area (Å²) in [5, 5.41) is 4.09. The maximum atomic E-state index is 10.7. The highest BCUT2D eigenvalue weighted by Crippen LogP contribution is 2.26. The molecular weight excluding hydrogens is 260 g/mol. The number of rotatable bonds is 2. The topological polar surface area (TPSA) is 17.1 Å². The number of hydrogen-bond donors (Lipinski definition) is 0. The van der Waals surface area contributed by atoms with E-state index in [-0.39, 0.29) is 0 Å². The molecule has 0 saturated heterocycles. The highest BCUT2D eigenvalue weighted by molar-refractivity contribution is 9.10. The van der Waals surface area contributed by atoms with Crippen molar-refractivity contribution in [2.24, 2.45) is 0 Å². The molecule has 0 spiro atoms. The SMILES string of the molecule is O=Cc1cc(Br)cc(-c2ccsc2)c1. The van der Waals surface area contributed by atoms with Crippen LogP contribution < -0.4 is 0 Å². The van der Waals surface area contributed by atoms with E-state index in [9.17, 15) is 4.79 Å². The molecule has 1 heterocycles. The van der Waals surface area contributed by atoms with Crippen molar-refractivity contribution in [2.75, 3.05) is 0 Å². The van der Waals surface area contributed by atoms with Crippen LogP contribution in [0.5, 0.6) is 0 Å². The first kappa shape index (κ1) is 9.62. The van der Waals surface area contributed by atoms with Gasteiger partial charge in [0.25, 0.3) is 0 Å². The molecule has 1 aromatic heterocycles. The van der Waals surface area contributed by atoms with E-state index in [4.69, 9.17) is 0 Å². The molecule has 0 aliphatic carbocycles. The Morgan fingerprint density at radius 2 is 2.07 bits per heavy atom. The van der Waals surface area contributed by atoms with Gasteiger partial charge in [0.05, 0.1) is 0 Å². The van der Waals surface area contributed by atoms with Crippen LogP contribution >= 0.6 is 27.3 Å². The molecule has 0 radical (unpaired) electrons. The Labute approximate surface area is 94.5 Å². The first-order valence-electron chi connectivity index (χ1n) is 4.08. The van der Waals surface area contributed by atoms with Crippen LogP contribution in [0.2, 0.25) is 0 Å². The molecule has 0 N–H and O–H groups in total. The zero-order chi connectivity index (χ0) is 9.97. The monoisotopic (exact) mass is 266 g/mol. The number of carbonyl (C=O) groups is 1. The normalized spacial score (nSPS) is 10.1. The van der Waals surface area contributed by atoms with Crippen LogP contribution in [0.4, 0.5) is 0 Å². The van der Waals surface area contributed by atoms with Gasteiger partial charge >= 0.3 is 0 Å². The van der Waals surface area contributed by atoms with Crippen LogP contribution in [0, 0.1) is 0 Å². The second kappa shape index (κ2) is 4.07. The van der Waals surface area contributed by atoms with Crippen molar-refractivity contribution in [1.29, 1.82) is 0 Å². The molecule has 0 atom stereocenters. The van der Waals surface area contributed by atoms with E-state index in [1.807, 2.05) is 29.6 Å². The van der Waals surface area contributed by atoms with Gasteiger partial charge in [-0.05, 0) is 46.2 Å². The van der Waals surface area contributed by atoms with Crippen molar-refractivity contribution in [3.05, 3.63) is 45.1 Å². The number of thiophene rings is 1. The van der Waals surface area contributed by atoms with E-state index in [1.54, 1.807) is 11.3 Å². The number of hydrogen-bond acceptors (Lipinski definition) is 2. The van der Waals surface area contributed by atoms with Gasteiger partial charge < -0.3 is 0 Å². The van der Waals surface area contributed by atoms with Crippen LogP contribution in [0.3, 0.4) is 0 Å². The molecule has 1 aromatic carbocycles. The zero-order valence-corrected chi connectivity index (χ0v) is 9.64. The molecule has 0 aliphatic rings. The van der Waals surface area contributed by atoms with Gasteiger partial charge in [-0.15, -0.1) is 0 Å². The molecule has 0 amide bonds.